The zero-order valence-corrected chi connectivity index (χ0v) is 17.8. The first kappa shape index (κ1) is 21.2. The molecule has 2 aromatic heterocycles. The van der Waals surface area contributed by atoms with Gasteiger partial charge in [0, 0.05) is 17.5 Å². The topological polar surface area (TPSA) is 93.2 Å². The summed E-state index contributed by atoms with van der Waals surface area (Å²) in [4.78, 5) is 32.8. The number of carbonyl (C=O) groups is 2. The summed E-state index contributed by atoms with van der Waals surface area (Å²) in [6.45, 7) is 4.29. The van der Waals surface area contributed by atoms with Crippen molar-refractivity contribution < 1.29 is 14.3 Å². The number of nitrogens with one attached hydrogen (secondary N) is 2. The Kier molecular flexibility index (Phi) is 7.57. The molecule has 8 heteroatoms. The molecule has 3 rings (SSSR count). The van der Waals surface area contributed by atoms with Gasteiger partial charge in [-0.3, -0.25) is 9.59 Å². The number of rotatable bonds is 8. The second kappa shape index (κ2) is 10.3. The van der Waals surface area contributed by atoms with Crippen LogP contribution in [0.25, 0.3) is 0 Å². The van der Waals surface area contributed by atoms with Crippen molar-refractivity contribution in [2.45, 2.75) is 52.4 Å². The molecule has 0 saturated heterocycles. The number of nitrogens with zero attached hydrogens (tertiary/aromatic N) is 2. The van der Waals surface area contributed by atoms with Crippen LogP contribution in [0.15, 0.2) is 23.7 Å². The van der Waals surface area contributed by atoms with Crippen LogP contribution in [0.3, 0.4) is 0 Å². The molecule has 2 N–H and O–H groups in total. The molecule has 1 aliphatic carbocycles. The first-order valence-corrected chi connectivity index (χ1v) is 11.0. The van der Waals surface area contributed by atoms with Crippen molar-refractivity contribution >= 4 is 34.1 Å². The summed E-state index contributed by atoms with van der Waals surface area (Å²) in [5, 5.41) is 7.84. The highest BCUT2D eigenvalue weighted by Gasteiger charge is 2.17. The fourth-order valence-electron chi connectivity index (χ4n) is 3.20. The van der Waals surface area contributed by atoms with Crippen molar-refractivity contribution in [3.05, 3.63) is 29.4 Å². The largest absolute Gasteiger partial charge is 0.489 e. The summed E-state index contributed by atoms with van der Waals surface area (Å²) in [6, 6.07) is 3.63. The van der Waals surface area contributed by atoms with E-state index in [9.17, 15) is 9.59 Å². The molecular formula is C21H28N4O3S. The van der Waals surface area contributed by atoms with Crippen LogP contribution in [0.1, 0.15) is 51.6 Å². The zero-order chi connectivity index (χ0) is 20.6. The normalized spacial score (nSPS) is 14.6. The van der Waals surface area contributed by atoms with Gasteiger partial charge >= 0.3 is 0 Å². The van der Waals surface area contributed by atoms with Gasteiger partial charge in [0.2, 0.25) is 11.8 Å². The molecule has 1 fully saturated rings. The van der Waals surface area contributed by atoms with E-state index in [1.807, 2.05) is 19.9 Å². The van der Waals surface area contributed by atoms with Crippen molar-refractivity contribution in [3.8, 4) is 5.75 Å². The lowest BCUT2D eigenvalue weighted by molar-refractivity contribution is -0.119. The Balaban J connectivity index is 1.54. The molecule has 7 nitrogen and oxygen atoms in total. The molecule has 2 aromatic rings. The van der Waals surface area contributed by atoms with E-state index in [2.05, 4.69) is 20.6 Å². The highest BCUT2D eigenvalue weighted by molar-refractivity contribution is 7.13. The molecule has 156 valence electrons. The van der Waals surface area contributed by atoms with Crippen molar-refractivity contribution in [1.82, 2.24) is 9.97 Å². The average Bonchev–Trinajstić information content (AvgIpc) is 3.14. The SMILES string of the molecule is CC(C)C(=O)Nc1nc(CC(=O)Nc2ncccc2OCC2CCCCC2)cs1. The van der Waals surface area contributed by atoms with E-state index in [0.29, 0.717) is 34.9 Å². The minimum atomic E-state index is -0.224. The molecule has 0 bridgehead atoms. The van der Waals surface area contributed by atoms with Gasteiger partial charge in [-0.25, -0.2) is 9.97 Å². The van der Waals surface area contributed by atoms with Crippen LogP contribution in [-0.2, 0) is 16.0 Å². The summed E-state index contributed by atoms with van der Waals surface area (Å²) in [5.74, 6) is 1.15. The van der Waals surface area contributed by atoms with Gasteiger partial charge in [-0.2, -0.15) is 0 Å². The van der Waals surface area contributed by atoms with Crippen LogP contribution < -0.4 is 15.4 Å². The maximum absolute atomic E-state index is 12.5. The Labute approximate surface area is 175 Å². The van der Waals surface area contributed by atoms with Gasteiger partial charge in [-0.05, 0) is 30.9 Å². The Morgan fingerprint density at radius 1 is 1.24 bits per heavy atom. The number of amides is 2. The lowest BCUT2D eigenvalue weighted by atomic mass is 9.90. The summed E-state index contributed by atoms with van der Waals surface area (Å²) >= 11 is 1.31. The van der Waals surface area contributed by atoms with E-state index < -0.39 is 0 Å². The third-order valence-corrected chi connectivity index (χ3v) is 5.68. The number of hydrogen-bond acceptors (Lipinski definition) is 6. The summed E-state index contributed by atoms with van der Waals surface area (Å²) in [7, 11) is 0. The van der Waals surface area contributed by atoms with Crippen LogP contribution in [0.4, 0.5) is 10.9 Å². The molecule has 29 heavy (non-hydrogen) atoms. The van der Waals surface area contributed by atoms with E-state index in [1.165, 1.54) is 43.4 Å². The standard InChI is InChI=1S/C21H28N4O3S/c1-14(2)20(27)25-21-23-16(13-29-21)11-18(26)24-19-17(9-6-10-22-19)28-12-15-7-4-3-5-8-15/h6,9-10,13-15H,3-5,7-8,11-12H2,1-2H3,(H,22,24,26)(H,23,25,27). The number of carbonyl (C=O) groups excluding carboxylic acids is 2. The first-order chi connectivity index (χ1) is 14.0. The van der Waals surface area contributed by atoms with E-state index in [-0.39, 0.29) is 24.2 Å². The predicted molar refractivity (Wildman–Crippen MR) is 114 cm³/mol. The average molecular weight is 417 g/mol. The third-order valence-electron chi connectivity index (χ3n) is 4.88. The maximum Gasteiger partial charge on any atom is 0.231 e. The van der Waals surface area contributed by atoms with Gasteiger partial charge in [0.15, 0.2) is 16.7 Å². The fraction of sp³-hybridized carbons (Fsp3) is 0.524. The zero-order valence-electron chi connectivity index (χ0n) is 16.9. The molecule has 0 spiro atoms. The molecule has 0 aromatic carbocycles. The Hall–Kier alpha value is -2.48. The van der Waals surface area contributed by atoms with Crippen molar-refractivity contribution in [2.75, 3.05) is 17.2 Å². The summed E-state index contributed by atoms with van der Waals surface area (Å²) in [5.41, 5.74) is 0.604. The molecule has 1 saturated carbocycles. The van der Waals surface area contributed by atoms with Crippen molar-refractivity contribution in [2.24, 2.45) is 11.8 Å². The molecule has 2 heterocycles. The lowest BCUT2D eigenvalue weighted by Gasteiger charge is -2.22. The van der Waals surface area contributed by atoms with Crippen LogP contribution in [0, 0.1) is 11.8 Å². The molecule has 0 radical (unpaired) electrons. The third kappa shape index (κ3) is 6.52. The van der Waals surface area contributed by atoms with Gasteiger partial charge in [0.05, 0.1) is 18.7 Å². The van der Waals surface area contributed by atoms with Gasteiger partial charge < -0.3 is 15.4 Å². The molecule has 1 aliphatic rings. The molecule has 2 amide bonds. The van der Waals surface area contributed by atoms with Gasteiger partial charge in [-0.15, -0.1) is 11.3 Å². The fourth-order valence-corrected chi connectivity index (χ4v) is 3.91. The molecular weight excluding hydrogens is 388 g/mol. The second-order valence-corrected chi connectivity index (χ2v) is 8.54. The lowest BCUT2D eigenvalue weighted by Crippen LogP contribution is -2.19. The van der Waals surface area contributed by atoms with Crippen molar-refractivity contribution in [1.29, 1.82) is 0 Å². The van der Waals surface area contributed by atoms with Gasteiger partial charge in [0.25, 0.3) is 0 Å². The maximum atomic E-state index is 12.5. The van der Waals surface area contributed by atoms with Crippen LogP contribution in [0.2, 0.25) is 0 Å². The number of aromatic nitrogens is 2. The van der Waals surface area contributed by atoms with E-state index in [1.54, 1.807) is 17.6 Å². The highest BCUT2D eigenvalue weighted by atomic mass is 32.1. The molecule has 0 aliphatic heterocycles. The minimum absolute atomic E-state index is 0.0939. The summed E-state index contributed by atoms with van der Waals surface area (Å²) < 4.78 is 5.96. The quantitative estimate of drug-likeness (QED) is 0.670. The molecule has 0 atom stereocenters. The van der Waals surface area contributed by atoms with Gasteiger partial charge in [-0.1, -0.05) is 33.1 Å². The first-order valence-electron chi connectivity index (χ1n) is 10.1. The summed E-state index contributed by atoms with van der Waals surface area (Å²) in [6.07, 6.45) is 7.96. The van der Waals surface area contributed by atoms with E-state index >= 15 is 0 Å². The number of thiazole rings is 1. The Morgan fingerprint density at radius 3 is 2.79 bits per heavy atom. The van der Waals surface area contributed by atoms with Gasteiger partial charge in [0.1, 0.15) is 0 Å². The number of ether oxygens (including phenoxy) is 1. The predicted octanol–water partition coefficient (Wildman–Crippen LogP) is 4.27. The second-order valence-electron chi connectivity index (χ2n) is 7.68. The Bertz CT molecular complexity index is 831. The number of anilines is 2. The number of pyridine rings is 1. The smallest absolute Gasteiger partial charge is 0.231 e. The number of hydrogen-bond donors (Lipinski definition) is 2. The van der Waals surface area contributed by atoms with Crippen LogP contribution in [-0.4, -0.2) is 28.4 Å². The van der Waals surface area contributed by atoms with E-state index in [0.717, 1.165) is 0 Å². The minimum Gasteiger partial charge on any atom is -0.489 e. The highest BCUT2D eigenvalue weighted by Crippen LogP contribution is 2.27. The van der Waals surface area contributed by atoms with Crippen LogP contribution in [0.5, 0.6) is 5.75 Å². The Morgan fingerprint density at radius 2 is 2.03 bits per heavy atom. The van der Waals surface area contributed by atoms with Crippen LogP contribution >= 0.6 is 11.3 Å². The molecule has 0 unspecified atom stereocenters. The van der Waals surface area contributed by atoms with Crippen molar-refractivity contribution in [3.63, 3.8) is 0 Å². The monoisotopic (exact) mass is 416 g/mol. The van der Waals surface area contributed by atoms with E-state index in [4.69, 9.17) is 4.74 Å².